The number of nitrogens with zero attached hydrogens (tertiary/aromatic N) is 1. The molecule has 21 heavy (non-hydrogen) atoms. The number of carbonyl (C=O) groups is 1. The molecule has 1 aromatic heterocycles. The summed E-state index contributed by atoms with van der Waals surface area (Å²) in [5.74, 6) is -0.515. The minimum atomic E-state index is -4.40. The molecule has 0 aliphatic rings. The average Bonchev–Trinajstić information content (AvgIpc) is 2.38. The van der Waals surface area contributed by atoms with Crippen LogP contribution in [0.2, 0.25) is 0 Å². The van der Waals surface area contributed by atoms with Gasteiger partial charge in [0.05, 0.1) is 10.6 Å². The Balaban J connectivity index is 2.58. The first-order chi connectivity index (χ1) is 9.69. The number of halogens is 3. The van der Waals surface area contributed by atoms with Crippen LogP contribution in [0.1, 0.15) is 25.8 Å². The van der Waals surface area contributed by atoms with Crippen LogP contribution in [-0.2, 0) is 11.0 Å². The first-order valence-electron chi connectivity index (χ1n) is 6.33. The Morgan fingerprint density at radius 2 is 2.10 bits per heavy atom. The lowest BCUT2D eigenvalue weighted by molar-refractivity contribution is -0.144. The van der Waals surface area contributed by atoms with E-state index in [0.29, 0.717) is 23.7 Å². The number of likely N-dealkylation sites (N-methyl/N-ethyl adjacent to an activating group) is 1. The van der Waals surface area contributed by atoms with E-state index < -0.39 is 23.2 Å². The van der Waals surface area contributed by atoms with Crippen molar-refractivity contribution in [2.24, 2.45) is 0 Å². The summed E-state index contributed by atoms with van der Waals surface area (Å²) in [5.41, 5.74) is -1.84. The van der Waals surface area contributed by atoms with Crippen LogP contribution in [0.25, 0.3) is 0 Å². The molecular weight excluding hydrogens is 305 g/mol. The maximum Gasteiger partial charge on any atom is 0.417 e. The fourth-order valence-corrected chi connectivity index (χ4v) is 2.67. The monoisotopic (exact) mass is 322 g/mol. The second-order valence-corrected chi connectivity index (χ2v) is 5.76. The number of hydrogen-bond acceptors (Lipinski definition) is 4. The highest BCUT2D eigenvalue weighted by atomic mass is 32.2. The summed E-state index contributed by atoms with van der Waals surface area (Å²) >= 11 is 1.23. The fourth-order valence-electron chi connectivity index (χ4n) is 1.65. The van der Waals surface area contributed by atoms with Crippen molar-refractivity contribution >= 4 is 17.7 Å². The van der Waals surface area contributed by atoms with Crippen LogP contribution in [0.4, 0.5) is 13.2 Å². The van der Waals surface area contributed by atoms with Gasteiger partial charge in [-0.25, -0.2) is 4.98 Å². The lowest BCUT2D eigenvalue weighted by Crippen LogP contribution is -2.49. The van der Waals surface area contributed by atoms with Crippen molar-refractivity contribution in [2.75, 3.05) is 12.3 Å². The minimum absolute atomic E-state index is 0.337. The van der Waals surface area contributed by atoms with Gasteiger partial charge >= 0.3 is 12.1 Å². The van der Waals surface area contributed by atoms with Gasteiger partial charge < -0.3 is 10.4 Å². The number of aromatic nitrogens is 1. The topological polar surface area (TPSA) is 62.2 Å². The zero-order valence-electron chi connectivity index (χ0n) is 11.7. The number of nitrogens with one attached hydrogen (secondary N) is 1. The largest absolute Gasteiger partial charge is 0.480 e. The SMILES string of the molecule is CCNC(C)(CCSc1ccc(C(F)(F)F)cn1)C(=O)O. The molecule has 0 aromatic carbocycles. The van der Waals surface area contributed by atoms with Gasteiger partial charge in [-0.15, -0.1) is 11.8 Å². The number of alkyl halides is 3. The first-order valence-corrected chi connectivity index (χ1v) is 7.32. The Bertz CT molecular complexity index is 479. The van der Waals surface area contributed by atoms with Gasteiger partial charge in [0.25, 0.3) is 0 Å². The number of aliphatic carboxylic acids is 1. The van der Waals surface area contributed by atoms with E-state index in [1.54, 1.807) is 6.92 Å². The standard InChI is InChI=1S/C13H17F3N2O2S/c1-3-18-12(2,11(19)20)6-7-21-10-5-4-9(8-17-10)13(14,15)16/h4-5,8,18H,3,6-7H2,1-2H3,(H,19,20). The number of rotatable bonds is 7. The van der Waals surface area contributed by atoms with Crippen molar-refractivity contribution in [3.05, 3.63) is 23.9 Å². The molecule has 8 heteroatoms. The molecule has 0 aliphatic heterocycles. The van der Waals surface area contributed by atoms with Gasteiger partial charge in [0.15, 0.2) is 0 Å². The second-order valence-electron chi connectivity index (χ2n) is 4.65. The van der Waals surface area contributed by atoms with Crippen molar-refractivity contribution in [2.45, 2.75) is 37.0 Å². The fraction of sp³-hybridized carbons (Fsp3) is 0.538. The summed E-state index contributed by atoms with van der Waals surface area (Å²) in [6, 6.07) is 2.26. The summed E-state index contributed by atoms with van der Waals surface area (Å²) < 4.78 is 37.1. The van der Waals surface area contributed by atoms with Crippen LogP contribution in [0.3, 0.4) is 0 Å². The maximum atomic E-state index is 12.4. The molecule has 2 N–H and O–H groups in total. The summed E-state index contributed by atoms with van der Waals surface area (Å²) in [7, 11) is 0. The van der Waals surface area contributed by atoms with Crippen LogP contribution in [0, 0.1) is 0 Å². The molecule has 1 atom stereocenters. The van der Waals surface area contributed by atoms with Crippen molar-refractivity contribution in [3.63, 3.8) is 0 Å². The maximum absolute atomic E-state index is 12.4. The zero-order chi connectivity index (χ0) is 16.1. The Labute approximate surface area is 125 Å². The quantitative estimate of drug-likeness (QED) is 0.756. The number of thioether (sulfide) groups is 1. The highest BCUT2D eigenvalue weighted by molar-refractivity contribution is 7.99. The molecule has 118 valence electrons. The highest BCUT2D eigenvalue weighted by Gasteiger charge is 2.32. The number of carboxylic acid groups (broad SMARTS) is 1. The molecule has 1 unspecified atom stereocenters. The Kier molecular flexibility index (Phi) is 6.03. The third-order valence-electron chi connectivity index (χ3n) is 2.95. The van der Waals surface area contributed by atoms with Crippen molar-refractivity contribution in [1.82, 2.24) is 10.3 Å². The van der Waals surface area contributed by atoms with Gasteiger partial charge in [-0.1, -0.05) is 6.92 Å². The van der Waals surface area contributed by atoms with Crippen molar-refractivity contribution in [1.29, 1.82) is 0 Å². The van der Waals surface area contributed by atoms with Gasteiger partial charge in [0.2, 0.25) is 0 Å². The smallest absolute Gasteiger partial charge is 0.417 e. The third-order valence-corrected chi connectivity index (χ3v) is 3.90. The van der Waals surface area contributed by atoms with E-state index >= 15 is 0 Å². The highest BCUT2D eigenvalue weighted by Crippen LogP contribution is 2.29. The van der Waals surface area contributed by atoms with Gasteiger partial charge in [0, 0.05) is 11.9 Å². The molecule has 0 amide bonds. The molecule has 1 heterocycles. The molecular formula is C13H17F3N2O2S. The molecule has 1 aromatic rings. The summed E-state index contributed by atoms with van der Waals surface area (Å²) in [6.45, 7) is 3.91. The molecule has 0 spiro atoms. The number of hydrogen-bond donors (Lipinski definition) is 2. The summed E-state index contributed by atoms with van der Waals surface area (Å²) in [5, 5.41) is 12.5. The van der Waals surface area contributed by atoms with Crippen LogP contribution in [0.15, 0.2) is 23.4 Å². The molecule has 1 rings (SSSR count). The van der Waals surface area contributed by atoms with Gasteiger partial charge in [-0.2, -0.15) is 13.2 Å². The lowest BCUT2D eigenvalue weighted by atomic mass is 9.99. The van der Waals surface area contributed by atoms with Crippen LogP contribution >= 0.6 is 11.8 Å². The normalized spacial score (nSPS) is 14.7. The molecule has 4 nitrogen and oxygen atoms in total. The lowest BCUT2D eigenvalue weighted by Gasteiger charge is -2.25. The Hall–Kier alpha value is -1.28. The van der Waals surface area contributed by atoms with Crippen LogP contribution in [-0.4, -0.2) is 33.9 Å². The van der Waals surface area contributed by atoms with Crippen molar-refractivity contribution in [3.8, 4) is 0 Å². The first kappa shape index (κ1) is 17.8. The predicted molar refractivity (Wildman–Crippen MR) is 74.3 cm³/mol. The Morgan fingerprint density at radius 3 is 2.52 bits per heavy atom. The molecule has 0 saturated heterocycles. The summed E-state index contributed by atoms with van der Waals surface area (Å²) in [6.07, 6.45) is -3.28. The van der Waals surface area contributed by atoms with E-state index in [4.69, 9.17) is 0 Å². The second kappa shape index (κ2) is 7.13. The van der Waals surface area contributed by atoms with Crippen LogP contribution in [0.5, 0.6) is 0 Å². The molecule has 0 aliphatic carbocycles. The number of pyridine rings is 1. The average molecular weight is 322 g/mol. The molecule has 0 bridgehead atoms. The Morgan fingerprint density at radius 1 is 1.43 bits per heavy atom. The van der Waals surface area contributed by atoms with Crippen LogP contribution < -0.4 is 5.32 Å². The van der Waals surface area contributed by atoms with Gasteiger partial charge in [0.1, 0.15) is 5.54 Å². The van der Waals surface area contributed by atoms with E-state index in [9.17, 15) is 23.1 Å². The zero-order valence-corrected chi connectivity index (χ0v) is 12.5. The molecule has 0 saturated carbocycles. The predicted octanol–water partition coefficient (Wildman–Crippen LogP) is 3.04. The van der Waals surface area contributed by atoms with E-state index in [1.165, 1.54) is 17.8 Å². The summed E-state index contributed by atoms with van der Waals surface area (Å²) in [4.78, 5) is 14.9. The van der Waals surface area contributed by atoms with E-state index in [2.05, 4.69) is 10.3 Å². The molecule has 0 fully saturated rings. The van der Waals surface area contributed by atoms with Gasteiger partial charge in [-0.05, 0) is 32.0 Å². The van der Waals surface area contributed by atoms with Crippen molar-refractivity contribution < 1.29 is 23.1 Å². The third kappa shape index (κ3) is 5.20. The van der Waals surface area contributed by atoms with E-state index in [1.807, 2.05) is 6.92 Å². The van der Waals surface area contributed by atoms with Gasteiger partial charge in [-0.3, -0.25) is 4.79 Å². The minimum Gasteiger partial charge on any atom is -0.480 e. The van der Waals surface area contributed by atoms with E-state index in [-0.39, 0.29) is 0 Å². The molecule has 0 radical (unpaired) electrons. The number of carboxylic acids is 1. The van der Waals surface area contributed by atoms with E-state index in [0.717, 1.165) is 12.3 Å².